The van der Waals surface area contributed by atoms with Crippen molar-refractivity contribution in [1.29, 1.82) is 0 Å². The SMILES string of the molecule is COc1ccccc1NC(=O)COC(=O)[C@H](C)N1C(=O)[C@@H]2[C@@H](C1=O)[C@H]1C=C[C@H]2C1. The Labute approximate surface area is 167 Å². The number of amides is 3. The van der Waals surface area contributed by atoms with Crippen LogP contribution in [0.4, 0.5) is 5.69 Å². The Morgan fingerprint density at radius 2 is 1.76 bits per heavy atom. The zero-order valence-corrected chi connectivity index (χ0v) is 16.2. The van der Waals surface area contributed by atoms with Crippen LogP contribution >= 0.6 is 0 Å². The Balaban J connectivity index is 1.35. The summed E-state index contributed by atoms with van der Waals surface area (Å²) in [6, 6.07) is 5.77. The number of fused-ring (bicyclic) bond motifs is 5. The van der Waals surface area contributed by atoms with Crippen LogP contribution in [0, 0.1) is 23.7 Å². The molecule has 8 nitrogen and oxygen atoms in total. The van der Waals surface area contributed by atoms with Gasteiger partial charge < -0.3 is 14.8 Å². The zero-order valence-electron chi connectivity index (χ0n) is 16.2. The Kier molecular flexibility index (Phi) is 4.86. The highest BCUT2D eigenvalue weighted by atomic mass is 16.5. The van der Waals surface area contributed by atoms with Crippen LogP contribution in [0.3, 0.4) is 0 Å². The maximum atomic E-state index is 12.8. The quantitative estimate of drug-likeness (QED) is 0.441. The Bertz CT molecular complexity index is 880. The number of anilines is 1. The van der Waals surface area contributed by atoms with Gasteiger partial charge in [-0.15, -0.1) is 0 Å². The van der Waals surface area contributed by atoms with Crippen molar-refractivity contribution < 1.29 is 28.7 Å². The van der Waals surface area contributed by atoms with E-state index in [1.807, 2.05) is 12.2 Å². The number of methoxy groups -OCH3 is 1. The van der Waals surface area contributed by atoms with Crippen LogP contribution in [0.15, 0.2) is 36.4 Å². The number of nitrogens with one attached hydrogen (secondary N) is 1. The van der Waals surface area contributed by atoms with Crippen molar-refractivity contribution in [3.8, 4) is 5.75 Å². The monoisotopic (exact) mass is 398 g/mol. The van der Waals surface area contributed by atoms with E-state index in [2.05, 4.69) is 5.32 Å². The molecule has 3 amide bonds. The first kappa shape index (κ1) is 19.2. The molecule has 0 aromatic heterocycles. The molecule has 8 heteroatoms. The van der Waals surface area contributed by atoms with Crippen LogP contribution in [-0.4, -0.2) is 48.3 Å². The van der Waals surface area contributed by atoms with E-state index >= 15 is 0 Å². The molecule has 1 N–H and O–H groups in total. The lowest BCUT2D eigenvalue weighted by molar-refractivity contribution is -0.159. The summed E-state index contributed by atoms with van der Waals surface area (Å²) in [5.41, 5.74) is 0.449. The lowest BCUT2D eigenvalue weighted by atomic mass is 9.85. The molecule has 0 radical (unpaired) electrons. The average molecular weight is 398 g/mol. The van der Waals surface area contributed by atoms with Crippen molar-refractivity contribution in [3.05, 3.63) is 36.4 Å². The number of carbonyl (C=O) groups is 4. The normalized spacial score (nSPS) is 27.7. The van der Waals surface area contributed by atoms with Gasteiger partial charge in [0.25, 0.3) is 5.91 Å². The molecule has 1 aromatic carbocycles. The molecule has 2 fully saturated rings. The molecule has 2 aliphatic carbocycles. The van der Waals surface area contributed by atoms with E-state index in [9.17, 15) is 19.2 Å². The first-order valence-electron chi connectivity index (χ1n) is 9.57. The van der Waals surface area contributed by atoms with E-state index < -0.39 is 24.5 Å². The second-order valence-electron chi connectivity index (χ2n) is 7.58. The van der Waals surface area contributed by atoms with Gasteiger partial charge in [0, 0.05) is 0 Å². The molecule has 0 spiro atoms. The van der Waals surface area contributed by atoms with E-state index in [0.717, 1.165) is 11.3 Å². The summed E-state index contributed by atoms with van der Waals surface area (Å²) in [6.45, 7) is 0.920. The van der Waals surface area contributed by atoms with Crippen LogP contribution in [0.1, 0.15) is 13.3 Å². The molecule has 5 atom stereocenters. The van der Waals surface area contributed by atoms with Gasteiger partial charge in [-0.2, -0.15) is 0 Å². The van der Waals surface area contributed by atoms with Crippen LogP contribution in [0.2, 0.25) is 0 Å². The third-order valence-corrected chi connectivity index (χ3v) is 5.96. The third-order valence-electron chi connectivity index (χ3n) is 5.96. The summed E-state index contributed by atoms with van der Waals surface area (Å²) >= 11 is 0. The predicted octanol–water partition coefficient (Wildman–Crippen LogP) is 1.37. The number of benzene rings is 1. The van der Waals surface area contributed by atoms with Crippen molar-refractivity contribution in [2.24, 2.45) is 23.7 Å². The Hall–Kier alpha value is -3.16. The maximum Gasteiger partial charge on any atom is 0.329 e. The molecule has 1 aromatic rings. The van der Waals surface area contributed by atoms with Gasteiger partial charge >= 0.3 is 5.97 Å². The van der Waals surface area contributed by atoms with Gasteiger partial charge in [-0.25, -0.2) is 4.79 Å². The molecule has 1 saturated heterocycles. The Morgan fingerprint density at radius 1 is 1.14 bits per heavy atom. The van der Waals surface area contributed by atoms with Gasteiger partial charge in [0.15, 0.2) is 6.61 Å². The second kappa shape index (κ2) is 7.35. The van der Waals surface area contributed by atoms with E-state index in [-0.39, 0.29) is 35.5 Å². The number of hydrogen-bond donors (Lipinski definition) is 1. The standard InChI is InChI=1S/C21H22N2O6/c1-11(23-19(25)17-12-7-8-13(9-12)18(17)20(23)26)21(27)29-10-16(24)22-14-5-3-4-6-15(14)28-2/h3-8,11-13,17-18H,9-10H2,1-2H3,(H,22,24)/t11-,12-,13-,17-,18-/m0/s1. The smallest absolute Gasteiger partial charge is 0.329 e. The molecule has 3 aliphatic rings. The highest BCUT2D eigenvalue weighted by Crippen LogP contribution is 2.52. The number of nitrogens with zero attached hydrogens (tertiary/aromatic N) is 1. The van der Waals surface area contributed by atoms with E-state index in [1.54, 1.807) is 24.3 Å². The highest BCUT2D eigenvalue weighted by molar-refractivity contribution is 6.09. The second-order valence-corrected chi connectivity index (χ2v) is 7.58. The van der Waals surface area contributed by atoms with Gasteiger partial charge in [0.2, 0.25) is 11.8 Å². The number of esters is 1. The Morgan fingerprint density at radius 3 is 2.38 bits per heavy atom. The van der Waals surface area contributed by atoms with Gasteiger partial charge in [-0.1, -0.05) is 24.3 Å². The van der Waals surface area contributed by atoms with E-state index in [1.165, 1.54) is 14.0 Å². The van der Waals surface area contributed by atoms with Crippen molar-refractivity contribution >= 4 is 29.4 Å². The molecule has 4 rings (SSSR count). The number of imide groups is 1. The zero-order chi connectivity index (χ0) is 20.7. The number of ether oxygens (including phenoxy) is 2. The first-order chi connectivity index (χ1) is 13.9. The first-order valence-corrected chi connectivity index (χ1v) is 9.57. The number of carbonyl (C=O) groups excluding carboxylic acids is 4. The van der Waals surface area contributed by atoms with E-state index in [0.29, 0.717) is 11.4 Å². The van der Waals surface area contributed by atoms with Crippen LogP contribution < -0.4 is 10.1 Å². The van der Waals surface area contributed by atoms with E-state index in [4.69, 9.17) is 9.47 Å². The van der Waals surface area contributed by atoms with Crippen molar-refractivity contribution in [3.63, 3.8) is 0 Å². The molecule has 2 bridgehead atoms. The van der Waals surface area contributed by atoms with Gasteiger partial charge in [0.1, 0.15) is 11.8 Å². The molecular weight excluding hydrogens is 376 g/mol. The van der Waals surface area contributed by atoms with Crippen LogP contribution in [-0.2, 0) is 23.9 Å². The number of hydrogen-bond acceptors (Lipinski definition) is 6. The number of para-hydroxylation sites is 2. The fourth-order valence-electron chi connectivity index (χ4n) is 4.60. The maximum absolute atomic E-state index is 12.8. The number of likely N-dealkylation sites (tertiary alicyclic amines) is 1. The van der Waals surface area contributed by atoms with Crippen molar-refractivity contribution in [2.75, 3.05) is 19.0 Å². The molecule has 29 heavy (non-hydrogen) atoms. The minimum atomic E-state index is -1.07. The predicted molar refractivity (Wildman–Crippen MR) is 102 cm³/mol. The van der Waals surface area contributed by atoms with Gasteiger partial charge in [0.05, 0.1) is 24.6 Å². The highest BCUT2D eigenvalue weighted by Gasteiger charge is 2.60. The minimum absolute atomic E-state index is 0.0706. The van der Waals surface area contributed by atoms with Crippen molar-refractivity contribution in [1.82, 2.24) is 4.90 Å². The summed E-state index contributed by atoms with van der Waals surface area (Å²) in [4.78, 5) is 51.0. The largest absolute Gasteiger partial charge is 0.495 e. The van der Waals surface area contributed by atoms with Gasteiger partial charge in [-0.3, -0.25) is 19.3 Å². The summed E-state index contributed by atoms with van der Waals surface area (Å²) in [7, 11) is 1.48. The molecule has 152 valence electrons. The van der Waals surface area contributed by atoms with Crippen molar-refractivity contribution in [2.45, 2.75) is 19.4 Å². The lowest BCUT2D eigenvalue weighted by Crippen LogP contribution is -2.45. The molecule has 1 aliphatic heterocycles. The topological polar surface area (TPSA) is 102 Å². The average Bonchev–Trinajstić information content (AvgIpc) is 3.40. The lowest BCUT2D eigenvalue weighted by Gasteiger charge is -2.23. The summed E-state index contributed by atoms with van der Waals surface area (Å²) < 4.78 is 10.2. The summed E-state index contributed by atoms with van der Waals surface area (Å²) in [6.07, 6.45) is 4.81. The molecule has 1 saturated carbocycles. The number of allylic oxidation sites excluding steroid dienone is 2. The molecule has 1 heterocycles. The third kappa shape index (κ3) is 3.18. The summed E-state index contributed by atoms with van der Waals surface area (Å²) in [5, 5.41) is 2.60. The van der Waals surface area contributed by atoms with Crippen LogP contribution in [0.5, 0.6) is 5.75 Å². The number of rotatable bonds is 6. The minimum Gasteiger partial charge on any atom is -0.495 e. The summed E-state index contributed by atoms with van der Waals surface area (Å²) in [5.74, 6) is -2.11. The van der Waals surface area contributed by atoms with Crippen LogP contribution in [0.25, 0.3) is 0 Å². The fourth-order valence-corrected chi connectivity index (χ4v) is 4.60. The fraction of sp³-hybridized carbons (Fsp3) is 0.429. The van der Waals surface area contributed by atoms with Gasteiger partial charge in [-0.05, 0) is 37.3 Å². The molecular formula is C21H22N2O6. The molecule has 0 unspecified atom stereocenters.